The zero-order valence-corrected chi connectivity index (χ0v) is 10.7. The van der Waals surface area contributed by atoms with Gasteiger partial charge in [-0.2, -0.15) is 0 Å². The van der Waals surface area contributed by atoms with Crippen LogP contribution in [0, 0.1) is 0 Å². The van der Waals surface area contributed by atoms with Gasteiger partial charge in [0.05, 0.1) is 5.56 Å². The van der Waals surface area contributed by atoms with E-state index in [1.165, 1.54) is 30.3 Å². The third kappa shape index (κ3) is 2.16. The second kappa shape index (κ2) is 4.52. The Morgan fingerprint density at radius 3 is 2.29 bits per heavy atom. The molecule has 2 aromatic carbocycles. The second-order valence-electron chi connectivity index (χ2n) is 4.69. The predicted molar refractivity (Wildman–Crippen MR) is 73.5 cm³/mol. The molecule has 5 N–H and O–H groups in total. The number of hydrogen-bond acceptors (Lipinski definition) is 6. The highest BCUT2D eigenvalue weighted by atomic mass is 16.5. The van der Waals surface area contributed by atoms with E-state index in [-0.39, 0.29) is 40.1 Å². The topological polar surface area (TPSA) is 110 Å². The number of phenols is 4. The van der Waals surface area contributed by atoms with E-state index in [9.17, 15) is 25.5 Å². The Kier molecular flexibility index (Phi) is 2.79. The minimum Gasteiger partial charge on any atom is -0.508 e. The van der Waals surface area contributed by atoms with Gasteiger partial charge in [0, 0.05) is 17.7 Å². The number of benzene rings is 2. The molecule has 6 heteroatoms. The second-order valence-corrected chi connectivity index (χ2v) is 4.69. The molecule has 1 atom stereocenters. The summed E-state index contributed by atoms with van der Waals surface area (Å²) in [7, 11) is 0. The number of rotatable bonds is 1. The zero-order valence-electron chi connectivity index (χ0n) is 10.7. The lowest BCUT2D eigenvalue weighted by Crippen LogP contribution is -2.14. The van der Waals surface area contributed by atoms with E-state index in [2.05, 4.69) is 0 Å². The Balaban J connectivity index is 2.06. The molecule has 2 aromatic rings. The average molecular weight is 288 g/mol. The fourth-order valence-electron chi connectivity index (χ4n) is 2.19. The minimum absolute atomic E-state index is 0.173. The van der Waals surface area contributed by atoms with Crippen LogP contribution in [0.4, 0.5) is 0 Å². The van der Waals surface area contributed by atoms with Crippen LogP contribution < -0.4 is 4.74 Å². The van der Waals surface area contributed by atoms with Crippen LogP contribution >= 0.6 is 0 Å². The first-order valence-electron chi connectivity index (χ1n) is 6.11. The van der Waals surface area contributed by atoms with E-state index in [0.29, 0.717) is 5.56 Å². The van der Waals surface area contributed by atoms with Crippen LogP contribution in [0.1, 0.15) is 17.2 Å². The largest absolute Gasteiger partial charge is 0.508 e. The maximum absolute atomic E-state index is 10.0. The van der Waals surface area contributed by atoms with Crippen LogP contribution in [-0.4, -0.2) is 25.5 Å². The molecule has 0 aliphatic carbocycles. The molecule has 0 aromatic heterocycles. The predicted octanol–water partition coefficient (Wildman–Crippen LogP) is 2.54. The smallest absolute Gasteiger partial charge is 0.180 e. The van der Waals surface area contributed by atoms with E-state index in [1.807, 2.05) is 0 Å². The van der Waals surface area contributed by atoms with Crippen molar-refractivity contribution in [2.45, 2.75) is 6.10 Å². The molecule has 1 aliphatic heterocycles. The Labute approximate surface area is 119 Å². The fourth-order valence-corrected chi connectivity index (χ4v) is 2.19. The maximum Gasteiger partial charge on any atom is 0.180 e. The number of hydrogen-bond donors (Lipinski definition) is 5. The van der Waals surface area contributed by atoms with Crippen molar-refractivity contribution >= 4 is 6.08 Å². The highest BCUT2D eigenvalue weighted by molar-refractivity contribution is 5.69. The molecule has 0 saturated carbocycles. The monoisotopic (exact) mass is 288 g/mol. The van der Waals surface area contributed by atoms with Gasteiger partial charge in [-0.05, 0) is 18.2 Å². The van der Waals surface area contributed by atoms with Crippen molar-refractivity contribution in [2.24, 2.45) is 0 Å². The number of fused-ring (bicyclic) bond motifs is 1. The summed E-state index contributed by atoms with van der Waals surface area (Å²) in [5.41, 5.74) is 0.664. The third-order valence-corrected chi connectivity index (χ3v) is 3.21. The number of ether oxygens (including phenoxy) is 1. The van der Waals surface area contributed by atoms with Crippen LogP contribution in [0.25, 0.3) is 6.08 Å². The number of aliphatic hydroxyl groups is 1. The minimum atomic E-state index is -0.912. The molecule has 1 aliphatic rings. The van der Waals surface area contributed by atoms with E-state index in [1.54, 1.807) is 0 Å². The first-order valence-corrected chi connectivity index (χ1v) is 6.11. The van der Waals surface area contributed by atoms with Gasteiger partial charge in [-0.25, -0.2) is 0 Å². The van der Waals surface area contributed by atoms with Gasteiger partial charge in [0.2, 0.25) is 0 Å². The summed E-state index contributed by atoms with van der Waals surface area (Å²) >= 11 is 0. The molecule has 0 bridgehead atoms. The Morgan fingerprint density at radius 1 is 0.810 bits per heavy atom. The van der Waals surface area contributed by atoms with Crippen LogP contribution in [-0.2, 0) is 0 Å². The van der Waals surface area contributed by atoms with Gasteiger partial charge in [0.15, 0.2) is 17.6 Å². The average Bonchev–Trinajstić information content (AvgIpc) is 2.42. The zero-order chi connectivity index (χ0) is 15.1. The Hall–Kier alpha value is -3.02. The van der Waals surface area contributed by atoms with Crippen molar-refractivity contribution in [3.8, 4) is 28.7 Å². The first kappa shape index (κ1) is 13.0. The van der Waals surface area contributed by atoms with Gasteiger partial charge in [-0.1, -0.05) is 6.07 Å². The number of aromatic hydroxyl groups is 4. The van der Waals surface area contributed by atoms with E-state index < -0.39 is 6.10 Å². The summed E-state index contributed by atoms with van der Waals surface area (Å²) in [6.45, 7) is 0. The molecule has 6 nitrogen and oxygen atoms in total. The lowest BCUT2D eigenvalue weighted by molar-refractivity contribution is 0.173. The van der Waals surface area contributed by atoms with E-state index in [0.717, 1.165) is 6.07 Å². The number of aliphatic hydroxyl groups excluding tert-OH is 1. The normalized spacial score (nSPS) is 16.8. The van der Waals surface area contributed by atoms with E-state index in [4.69, 9.17) is 4.74 Å². The van der Waals surface area contributed by atoms with Crippen LogP contribution in [0.15, 0.2) is 36.1 Å². The lowest BCUT2D eigenvalue weighted by Gasteiger charge is -2.25. The molecule has 0 radical (unpaired) electrons. The van der Waals surface area contributed by atoms with Gasteiger partial charge in [0.25, 0.3) is 0 Å². The molecule has 0 saturated heterocycles. The van der Waals surface area contributed by atoms with Crippen LogP contribution in [0.5, 0.6) is 28.7 Å². The Morgan fingerprint density at radius 2 is 1.57 bits per heavy atom. The third-order valence-electron chi connectivity index (χ3n) is 3.21. The Bertz CT molecular complexity index is 750. The van der Waals surface area contributed by atoms with Gasteiger partial charge < -0.3 is 30.3 Å². The fraction of sp³-hybridized carbons (Fsp3) is 0.0667. The molecular formula is C15H12O6. The van der Waals surface area contributed by atoms with Crippen molar-refractivity contribution in [1.29, 1.82) is 0 Å². The molecule has 0 spiro atoms. The first-order chi connectivity index (χ1) is 9.95. The summed E-state index contributed by atoms with van der Waals surface area (Å²) in [5, 5.41) is 48.1. The van der Waals surface area contributed by atoms with Crippen LogP contribution in [0.3, 0.4) is 0 Å². The molecular weight excluding hydrogens is 276 g/mol. The van der Waals surface area contributed by atoms with Crippen molar-refractivity contribution in [3.63, 3.8) is 0 Å². The molecule has 1 heterocycles. The van der Waals surface area contributed by atoms with Gasteiger partial charge in [0.1, 0.15) is 23.0 Å². The standard InChI is InChI=1S/C15H12O6/c16-8-4-11(18)9-6-13(20)15(21-14(9)5-8)7-1-2-10(17)12(19)3-7/h1-6,15-20H/t15-/m1/s1. The molecule has 21 heavy (non-hydrogen) atoms. The maximum atomic E-state index is 10.0. The van der Waals surface area contributed by atoms with Crippen LogP contribution in [0.2, 0.25) is 0 Å². The summed E-state index contributed by atoms with van der Waals surface area (Å²) in [5.74, 6) is -0.990. The summed E-state index contributed by atoms with van der Waals surface area (Å²) in [4.78, 5) is 0. The van der Waals surface area contributed by atoms with Crippen molar-refractivity contribution in [1.82, 2.24) is 0 Å². The molecule has 0 amide bonds. The molecule has 108 valence electrons. The van der Waals surface area contributed by atoms with Crippen molar-refractivity contribution < 1.29 is 30.3 Å². The SMILES string of the molecule is OC1=Cc2c(O)cc(O)cc2O[C@@H]1c1ccc(O)c(O)c1. The van der Waals surface area contributed by atoms with Gasteiger partial charge in [-0.3, -0.25) is 0 Å². The van der Waals surface area contributed by atoms with E-state index >= 15 is 0 Å². The number of phenolic OH excluding ortho intramolecular Hbond substituents is 4. The summed E-state index contributed by atoms with van der Waals surface area (Å²) in [6.07, 6.45) is 0.410. The van der Waals surface area contributed by atoms with Gasteiger partial charge in [-0.15, -0.1) is 0 Å². The van der Waals surface area contributed by atoms with Crippen molar-refractivity contribution in [2.75, 3.05) is 0 Å². The van der Waals surface area contributed by atoms with Gasteiger partial charge >= 0.3 is 0 Å². The highest BCUT2D eigenvalue weighted by Gasteiger charge is 2.27. The molecule has 0 fully saturated rings. The van der Waals surface area contributed by atoms with Crippen molar-refractivity contribution in [3.05, 3.63) is 47.2 Å². The summed E-state index contributed by atoms with van der Waals surface area (Å²) in [6, 6.07) is 6.47. The summed E-state index contributed by atoms with van der Waals surface area (Å²) < 4.78 is 5.56. The quantitative estimate of drug-likeness (QED) is 0.516. The lowest BCUT2D eigenvalue weighted by atomic mass is 10.0. The highest BCUT2D eigenvalue weighted by Crippen LogP contribution is 2.43. The molecule has 3 rings (SSSR count). The molecule has 0 unspecified atom stereocenters.